The largest absolute Gasteiger partial charge is 0.342 e. The van der Waals surface area contributed by atoms with Crippen molar-refractivity contribution in [1.29, 1.82) is 0 Å². The first-order valence-electron chi connectivity index (χ1n) is 5.91. The second-order valence-corrected chi connectivity index (χ2v) is 5.63. The van der Waals surface area contributed by atoms with Gasteiger partial charge in [-0.1, -0.05) is 6.42 Å². The predicted molar refractivity (Wildman–Crippen MR) is 64.3 cm³/mol. The molecule has 0 aliphatic carbocycles. The summed E-state index contributed by atoms with van der Waals surface area (Å²) in [4.78, 5) is 26.4. The first-order valence-corrected chi connectivity index (χ1v) is 6.96. The van der Waals surface area contributed by atoms with Gasteiger partial charge in [0, 0.05) is 26.2 Å². The lowest BCUT2D eigenvalue weighted by molar-refractivity contribution is -0.134. The van der Waals surface area contributed by atoms with Crippen molar-refractivity contribution in [3.05, 3.63) is 0 Å². The third-order valence-corrected chi connectivity index (χ3v) is 4.59. The summed E-state index contributed by atoms with van der Waals surface area (Å²) in [5.74, 6) is 1.40. The van der Waals surface area contributed by atoms with E-state index in [-0.39, 0.29) is 11.2 Å². The zero-order valence-corrected chi connectivity index (χ0v) is 10.2. The Labute approximate surface area is 100 Å². The number of nitrogens with zero attached hydrogens (tertiary/aromatic N) is 2. The van der Waals surface area contributed by atoms with Crippen molar-refractivity contribution in [3.63, 3.8) is 0 Å². The summed E-state index contributed by atoms with van der Waals surface area (Å²) in [6, 6.07) is 0. The van der Waals surface area contributed by atoms with Crippen molar-refractivity contribution >= 4 is 24.1 Å². The van der Waals surface area contributed by atoms with E-state index in [0.717, 1.165) is 18.6 Å². The molecule has 0 aromatic heterocycles. The molecule has 0 N–H and O–H groups in total. The zero-order valence-electron chi connectivity index (χ0n) is 9.43. The van der Waals surface area contributed by atoms with Crippen molar-refractivity contribution in [2.24, 2.45) is 0 Å². The molecule has 4 nitrogen and oxygen atoms in total. The third kappa shape index (κ3) is 2.70. The van der Waals surface area contributed by atoms with Crippen molar-refractivity contribution < 1.29 is 9.59 Å². The van der Waals surface area contributed by atoms with Crippen LogP contribution in [0.15, 0.2) is 0 Å². The highest BCUT2D eigenvalue weighted by Crippen LogP contribution is 2.26. The predicted octanol–water partition coefficient (Wildman–Crippen LogP) is 0.573. The quantitative estimate of drug-likeness (QED) is 0.665. The summed E-state index contributed by atoms with van der Waals surface area (Å²) in [6.45, 7) is 2.78. The third-order valence-electron chi connectivity index (χ3n) is 3.23. The first kappa shape index (κ1) is 11.8. The molecule has 2 aliphatic heterocycles. The van der Waals surface area contributed by atoms with Gasteiger partial charge in [0.25, 0.3) is 0 Å². The lowest BCUT2D eigenvalue weighted by Crippen LogP contribution is -2.50. The van der Waals surface area contributed by atoms with Crippen LogP contribution in [0.1, 0.15) is 19.3 Å². The summed E-state index contributed by atoms with van der Waals surface area (Å²) in [6.07, 6.45) is 4.32. The summed E-state index contributed by atoms with van der Waals surface area (Å²) in [5, 5.41) is 0.177. The maximum absolute atomic E-state index is 12.1. The fourth-order valence-corrected chi connectivity index (χ4v) is 3.47. The minimum Gasteiger partial charge on any atom is -0.342 e. The van der Waals surface area contributed by atoms with Crippen LogP contribution in [0, 0.1) is 0 Å². The van der Waals surface area contributed by atoms with Gasteiger partial charge in [-0.2, -0.15) is 0 Å². The van der Waals surface area contributed by atoms with Crippen LogP contribution in [0.4, 0.5) is 0 Å². The average molecular weight is 242 g/mol. The minimum atomic E-state index is 0.177. The van der Waals surface area contributed by atoms with E-state index in [1.54, 1.807) is 16.7 Å². The van der Waals surface area contributed by atoms with Crippen LogP contribution in [0.5, 0.6) is 0 Å². The van der Waals surface area contributed by atoms with Gasteiger partial charge in [-0.3, -0.25) is 9.59 Å². The van der Waals surface area contributed by atoms with Crippen LogP contribution in [0.2, 0.25) is 0 Å². The van der Waals surface area contributed by atoms with E-state index in [1.165, 1.54) is 12.8 Å². The smallest absolute Gasteiger partial charge is 0.235 e. The maximum Gasteiger partial charge on any atom is 0.235 e. The molecule has 0 aromatic rings. The number of carbonyl (C=O) groups is 2. The first-order chi connectivity index (χ1) is 7.81. The Balaban J connectivity index is 1.83. The van der Waals surface area contributed by atoms with Gasteiger partial charge in [-0.05, 0) is 18.6 Å². The highest BCUT2D eigenvalue weighted by molar-refractivity contribution is 8.00. The van der Waals surface area contributed by atoms with Crippen LogP contribution in [0.3, 0.4) is 0 Å². The number of hydrogen-bond donors (Lipinski definition) is 0. The van der Waals surface area contributed by atoms with E-state index in [0.29, 0.717) is 26.2 Å². The molecule has 0 bridgehead atoms. The average Bonchev–Trinajstić information content (AvgIpc) is 2.39. The molecule has 2 heterocycles. The zero-order chi connectivity index (χ0) is 11.4. The van der Waals surface area contributed by atoms with Crippen molar-refractivity contribution in [2.75, 3.05) is 31.9 Å². The molecule has 0 spiro atoms. The van der Waals surface area contributed by atoms with E-state index in [2.05, 4.69) is 0 Å². The minimum absolute atomic E-state index is 0.177. The van der Waals surface area contributed by atoms with Gasteiger partial charge in [-0.25, -0.2) is 0 Å². The van der Waals surface area contributed by atoms with Gasteiger partial charge in [0.1, 0.15) is 0 Å². The Kier molecular flexibility index (Phi) is 4.09. The second kappa shape index (κ2) is 5.57. The van der Waals surface area contributed by atoms with Crippen LogP contribution >= 0.6 is 11.8 Å². The van der Waals surface area contributed by atoms with Crippen LogP contribution < -0.4 is 0 Å². The Morgan fingerprint density at radius 1 is 1.19 bits per heavy atom. The van der Waals surface area contributed by atoms with Gasteiger partial charge in [0.05, 0.1) is 5.25 Å². The van der Waals surface area contributed by atoms with Gasteiger partial charge >= 0.3 is 0 Å². The molecule has 5 heteroatoms. The fraction of sp³-hybridized carbons (Fsp3) is 0.818. The van der Waals surface area contributed by atoms with Gasteiger partial charge < -0.3 is 9.80 Å². The molecule has 16 heavy (non-hydrogen) atoms. The van der Waals surface area contributed by atoms with Crippen LogP contribution in [-0.4, -0.2) is 59.3 Å². The topological polar surface area (TPSA) is 40.6 Å². The van der Waals surface area contributed by atoms with Crippen molar-refractivity contribution in [2.45, 2.75) is 24.5 Å². The Morgan fingerprint density at radius 3 is 2.50 bits per heavy atom. The molecule has 2 rings (SSSR count). The Morgan fingerprint density at radius 2 is 1.94 bits per heavy atom. The van der Waals surface area contributed by atoms with E-state index in [4.69, 9.17) is 0 Å². The van der Waals surface area contributed by atoms with Crippen molar-refractivity contribution in [3.8, 4) is 0 Å². The lowest BCUT2D eigenvalue weighted by atomic mass is 10.1. The Hall–Kier alpha value is -0.710. The van der Waals surface area contributed by atoms with Gasteiger partial charge in [0.15, 0.2) is 0 Å². The van der Waals surface area contributed by atoms with Crippen LogP contribution in [-0.2, 0) is 9.59 Å². The molecule has 2 saturated heterocycles. The highest BCUT2D eigenvalue weighted by Gasteiger charge is 2.28. The number of carbonyl (C=O) groups excluding carboxylic acids is 2. The number of piperazine rings is 1. The summed E-state index contributed by atoms with van der Waals surface area (Å²) in [5.41, 5.74) is 0. The standard InChI is InChI=1S/C11H18N2O2S/c14-9-12-4-6-13(7-5-12)11(15)10-3-1-2-8-16-10/h9-10H,1-8H2. The molecule has 0 radical (unpaired) electrons. The number of amides is 2. The number of rotatable bonds is 2. The lowest BCUT2D eigenvalue weighted by Gasteiger charge is -2.35. The van der Waals surface area contributed by atoms with Gasteiger partial charge in [0.2, 0.25) is 12.3 Å². The number of thioether (sulfide) groups is 1. The second-order valence-electron chi connectivity index (χ2n) is 4.32. The van der Waals surface area contributed by atoms with Gasteiger partial charge in [-0.15, -0.1) is 11.8 Å². The van der Waals surface area contributed by atoms with E-state index in [1.807, 2.05) is 4.90 Å². The van der Waals surface area contributed by atoms with Crippen molar-refractivity contribution in [1.82, 2.24) is 9.80 Å². The molecular formula is C11H18N2O2S. The molecular weight excluding hydrogens is 224 g/mol. The monoisotopic (exact) mass is 242 g/mol. The maximum atomic E-state index is 12.1. The SMILES string of the molecule is O=CN1CCN(C(=O)C2CCCCS2)CC1. The molecule has 90 valence electrons. The molecule has 1 atom stereocenters. The highest BCUT2D eigenvalue weighted by atomic mass is 32.2. The summed E-state index contributed by atoms with van der Waals surface area (Å²) < 4.78 is 0. The summed E-state index contributed by atoms with van der Waals surface area (Å²) in [7, 11) is 0. The number of hydrogen-bond acceptors (Lipinski definition) is 3. The van der Waals surface area contributed by atoms with E-state index in [9.17, 15) is 9.59 Å². The normalized spacial score (nSPS) is 26.6. The summed E-state index contributed by atoms with van der Waals surface area (Å²) >= 11 is 1.80. The van der Waals surface area contributed by atoms with E-state index >= 15 is 0 Å². The van der Waals surface area contributed by atoms with Crippen LogP contribution in [0.25, 0.3) is 0 Å². The molecule has 2 amide bonds. The molecule has 1 unspecified atom stereocenters. The molecule has 2 aliphatic rings. The molecule has 0 aromatic carbocycles. The Bertz CT molecular complexity index is 259. The fourth-order valence-electron chi connectivity index (χ4n) is 2.19. The molecule has 2 fully saturated rings. The molecule has 0 saturated carbocycles. The van der Waals surface area contributed by atoms with E-state index < -0.39 is 0 Å².